The van der Waals surface area contributed by atoms with Crippen LogP contribution in [-0.4, -0.2) is 44.0 Å². The largest absolute Gasteiger partial charge is 0.466 e. The Labute approximate surface area is 144 Å². The predicted molar refractivity (Wildman–Crippen MR) is 96.2 cm³/mol. The van der Waals surface area contributed by atoms with Crippen molar-refractivity contribution in [2.45, 2.75) is 6.92 Å². The molecule has 0 bridgehead atoms. The number of rotatable bonds is 5. The number of carbonyl (C=O) groups is 2. The molecule has 0 atom stereocenters. The van der Waals surface area contributed by atoms with Crippen molar-refractivity contribution in [3.05, 3.63) is 40.8 Å². The van der Waals surface area contributed by atoms with Gasteiger partial charge in [0.25, 0.3) is 5.91 Å². The summed E-state index contributed by atoms with van der Waals surface area (Å²) >= 11 is 1.04. The summed E-state index contributed by atoms with van der Waals surface area (Å²) in [4.78, 5) is 25.2. The highest BCUT2D eigenvalue weighted by atomic mass is 32.2. The van der Waals surface area contributed by atoms with E-state index in [1.165, 1.54) is 7.11 Å². The highest BCUT2D eigenvalue weighted by Gasteiger charge is 2.24. The fourth-order valence-electron chi connectivity index (χ4n) is 1.79. The summed E-state index contributed by atoms with van der Waals surface area (Å²) in [7, 11) is 3.27. The van der Waals surface area contributed by atoms with Gasteiger partial charge < -0.3 is 9.64 Å². The number of nitrogens with one attached hydrogen (secondary N) is 1. The molecule has 0 spiro atoms. The van der Waals surface area contributed by atoms with Crippen LogP contribution >= 0.6 is 11.8 Å². The molecule has 0 unspecified atom stereocenters. The topological polar surface area (TPSA) is 83.4 Å². The van der Waals surface area contributed by atoms with Gasteiger partial charge in [-0.1, -0.05) is 12.1 Å². The number of esters is 1. The first-order valence-corrected chi connectivity index (χ1v) is 8.06. The molecular weight excluding hydrogens is 328 g/mol. The molecule has 1 aliphatic rings. The van der Waals surface area contributed by atoms with E-state index in [2.05, 4.69) is 32.1 Å². The summed E-state index contributed by atoms with van der Waals surface area (Å²) in [5.41, 5.74) is 2.02. The standard InChI is InChI=1S/C16H18N4O3S/c1-4-20(2)12-7-5-11(6-8-12)10-17-19-16-18-15(22)13(24-16)9-14(21)23-3/h5-10H,4H2,1-3H3,(H,18,19,22)/b13-9+,17-10?. The molecule has 1 saturated heterocycles. The monoisotopic (exact) mass is 346 g/mol. The Kier molecular flexibility index (Phi) is 6.14. The smallest absolute Gasteiger partial charge is 0.331 e. The van der Waals surface area contributed by atoms with Crippen LogP contribution in [0.15, 0.2) is 45.4 Å². The molecule has 8 heteroatoms. The molecule has 1 aromatic rings. The first-order valence-electron chi connectivity index (χ1n) is 7.24. The Bertz CT molecular complexity index is 711. The van der Waals surface area contributed by atoms with Crippen LogP contribution in [0, 0.1) is 0 Å². The van der Waals surface area contributed by atoms with Gasteiger partial charge in [0.2, 0.25) is 0 Å². The van der Waals surface area contributed by atoms with E-state index in [1.54, 1.807) is 6.21 Å². The van der Waals surface area contributed by atoms with Crippen LogP contribution in [0.1, 0.15) is 12.5 Å². The van der Waals surface area contributed by atoms with E-state index in [0.717, 1.165) is 35.6 Å². The first kappa shape index (κ1) is 17.7. The van der Waals surface area contributed by atoms with Crippen molar-refractivity contribution in [3.63, 3.8) is 0 Å². The second-order valence-electron chi connectivity index (χ2n) is 4.84. The molecule has 0 saturated carbocycles. The SMILES string of the molecule is CCN(C)c1ccc(C=N/N=C2/NC(=O)/C(=C\C(=O)OC)S2)cc1. The number of hydrogen-bond donors (Lipinski definition) is 1. The second-order valence-corrected chi connectivity index (χ2v) is 5.87. The highest BCUT2D eigenvalue weighted by molar-refractivity contribution is 8.18. The molecule has 1 fully saturated rings. The molecule has 2 rings (SSSR count). The number of amides is 1. The summed E-state index contributed by atoms with van der Waals surface area (Å²) in [5, 5.41) is 10.7. The van der Waals surface area contributed by atoms with E-state index in [-0.39, 0.29) is 4.91 Å². The Balaban J connectivity index is 2.01. The molecular formula is C16H18N4O3S. The van der Waals surface area contributed by atoms with Gasteiger partial charge in [0.05, 0.1) is 18.2 Å². The van der Waals surface area contributed by atoms with Crippen molar-refractivity contribution in [2.24, 2.45) is 10.2 Å². The van der Waals surface area contributed by atoms with Gasteiger partial charge in [0, 0.05) is 25.4 Å². The van der Waals surface area contributed by atoms with Crippen molar-refractivity contribution >= 4 is 40.7 Å². The summed E-state index contributed by atoms with van der Waals surface area (Å²) < 4.78 is 4.49. The van der Waals surface area contributed by atoms with E-state index in [1.807, 2.05) is 31.3 Å². The number of ether oxygens (including phenoxy) is 1. The van der Waals surface area contributed by atoms with Gasteiger partial charge in [-0.15, -0.1) is 5.10 Å². The Morgan fingerprint density at radius 3 is 2.71 bits per heavy atom. The minimum atomic E-state index is -0.588. The van der Waals surface area contributed by atoms with Crippen LogP contribution in [0.2, 0.25) is 0 Å². The lowest BCUT2D eigenvalue weighted by Crippen LogP contribution is -2.19. The summed E-state index contributed by atoms with van der Waals surface area (Å²) in [6.45, 7) is 3.02. The third-order valence-electron chi connectivity index (χ3n) is 3.26. The lowest BCUT2D eigenvalue weighted by molar-refractivity contribution is -0.135. The van der Waals surface area contributed by atoms with E-state index >= 15 is 0 Å². The van der Waals surface area contributed by atoms with Gasteiger partial charge in [-0.05, 0) is 36.4 Å². The summed E-state index contributed by atoms with van der Waals surface area (Å²) in [6, 6.07) is 7.88. The number of amidine groups is 1. The third kappa shape index (κ3) is 4.69. The first-order chi connectivity index (χ1) is 11.5. The van der Waals surface area contributed by atoms with E-state index in [0.29, 0.717) is 5.17 Å². The maximum absolute atomic E-state index is 11.7. The minimum Gasteiger partial charge on any atom is -0.466 e. The zero-order valence-electron chi connectivity index (χ0n) is 13.6. The number of benzene rings is 1. The predicted octanol–water partition coefficient (Wildman–Crippen LogP) is 1.75. The maximum Gasteiger partial charge on any atom is 0.331 e. The molecule has 1 N–H and O–H groups in total. The third-order valence-corrected chi connectivity index (χ3v) is 4.16. The van der Waals surface area contributed by atoms with Crippen LogP contribution in [0.25, 0.3) is 0 Å². The number of hydrogen-bond acceptors (Lipinski definition) is 7. The zero-order chi connectivity index (χ0) is 17.5. The molecule has 1 amide bonds. The number of nitrogens with zero attached hydrogens (tertiary/aromatic N) is 3. The average Bonchev–Trinajstić information content (AvgIpc) is 2.94. The lowest BCUT2D eigenvalue weighted by atomic mass is 10.2. The second kappa shape index (κ2) is 8.30. The zero-order valence-corrected chi connectivity index (χ0v) is 14.5. The minimum absolute atomic E-state index is 0.225. The lowest BCUT2D eigenvalue weighted by Gasteiger charge is -2.16. The summed E-state index contributed by atoms with van der Waals surface area (Å²) in [6.07, 6.45) is 2.71. The normalized spacial score (nSPS) is 17.5. The molecule has 0 aliphatic carbocycles. The van der Waals surface area contributed by atoms with Gasteiger partial charge in [-0.2, -0.15) is 5.10 Å². The average molecular weight is 346 g/mol. The van der Waals surface area contributed by atoms with Gasteiger partial charge >= 0.3 is 5.97 Å². The van der Waals surface area contributed by atoms with Gasteiger partial charge in [0.1, 0.15) is 0 Å². The van der Waals surface area contributed by atoms with Crippen LogP contribution in [0.5, 0.6) is 0 Å². The summed E-state index contributed by atoms with van der Waals surface area (Å²) in [5.74, 6) is -0.985. The van der Waals surface area contributed by atoms with Gasteiger partial charge in [0.15, 0.2) is 5.17 Å². The van der Waals surface area contributed by atoms with E-state index in [9.17, 15) is 9.59 Å². The molecule has 126 valence electrons. The molecule has 0 aromatic heterocycles. The van der Waals surface area contributed by atoms with Gasteiger partial charge in [-0.3, -0.25) is 10.1 Å². The fourth-order valence-corrected chi connectivity index (χ4v) is 2.53. The molecule has 1 heterocycles. The molecule has 7 nitrogen and oxygen atoms in total. The van der Waals surface area contributed by atoms with E-state index < -0.39 is 11.9 Å². The number of carbonyl (C=O) groups excluding carboxylic acids is 2. The number of thioether (sulfide) groups is 1. The molecule has 1 aromatic carbocycles. The van der Waals surface area contributed by atoms with Crippen molar-refractivity contribution in [3.8, 4) is 0 Å². The van der Waals surface area contributed by atoms with Crippen molar-refractivity contribution in [2.75, 3.05) is 25.6 Å². The van der Waals surface area contributed by atoms with Crippen molar-refractivity contribution in [1.29, 1.82) is 0 Å². The number of anilines is 1. The Morgan fingerprint density at radius 1 is 1.38 bits per heavy atom. The van der Waals surface area contributed by atoms with Crippen molar-refractivity contribution < 1.29 is 14.3 Å². The molecule has 1 aliphatic heterocycles. The van der Waals surface area contributed by atoms with E-state index in [4.69, 9.17) is 0 Å². The molecule has 0 radical (unpaired) electrons. The molecule has 24 heavy (non-hydrogen) atoms. The van der Waals surface area contributed by atoms with Crippen LogP contribution in [0.3, 0.4) is 0 Å². The number of methoxy groups -OCH3 is 1. The quantitative estimate of drug-likeness (QED) is 0.380. The van der Waals surface area contributed by atoms with Gasteiger partial charge in [-0.25, -0.2) is 4.79 Å². The maximum atomic E-state index is 11.7. The highest BCUT2D eigenvalue weighted by Crippen LogP contribution is 2.23. The van der Waals surface area contributed by atoms with Crippen LogP contribution in [0.4, 0.5) is 5.69 Å². The van der Waals surface area contributed by atoms with Crippen LogP contribution in [-0.2, 0) is 14.3 Å². The Morgan fingerprint density at radius 2 is 2.08 bits per heavy atom. The fraction of sp³-hybridized carbons (Fsp3) is 0.250. The Hall–Kier alpha value is -2.61. The van der Waals surface area contributed by atoms with Crippen molar-refractivity contribution in [1.82, 2.24) is 5.32 Å². The van der Waals surface area contributed by atoms with Crippen LogP contribution < -0.4 is 10.2 Å².